The highest BCUT2D eigenvalue weighted by atomic mass is 35.5. The highest BCUT2D eigenvalue weighted by Crippen LogP contribution is 2.29. The first-order valence-corrected chi connectivity index (χ1v) is 8.17. The van der Waals surface area contributed by atoms with Gasteiger partial charge < -0.3 is 14.6 Å². The lowest BCUT2D eigenvalue weighted by molar-refractivity contribution is 0.0606. The minimum absolute atomic E-state index is 0.251. The van der Waals surface area contributed by atoms with E-state index in [0.717, 1.165) is 10.1 Å². The fraction of sp³-hybridized carbons (Fsp3) is 0.125. The van der Waals surface area contributed by atoms with Crippen molar-refractivity contribution in [1.82, 2.24) is 4.57 Å². The number of hydrogen-bond donors (Lipinski definition) is 2. The van der Waals surface area contributed by atoms with Crippen molar-refractivity contribution in [3.05, 3.63) is 47.1 Å². The van der Waals surface area contributed by atoms with E-state index in [-0.39, 0.29) is 11.9 Å². The van der Waals surface area contributed by atoms with E-state index in [0.29, 0.717) is 21.9 Å². The Kier molecular flexibility index (Phi) is 4.46. The molecule has 124 valence electrons. The maximum absolute atomic E-state index is 12.4. The monoisotopic (exact) mass is 363 g/mol. The predicted molar refractivity (Wildman–Crippen MR) is 96.0 cm³/mol. The van der Waals surface area contributed by atoms with Gasteiger partial charge in [0.2, 0.25) is 0 Å². The Morgan fingerprint density at radius 2 is 2.00 bits per heavy atom. The summed E-state index contributed by atoms with van der Waals surface area (Å²) in [6, 6.07) is 8.88. The van der Waals surface area contributed by atoms with Crippen molar-refractivity contribution in [2.45, 2.75) is 0 Å². The summed E-state index contributed by atoms with van der Waals surface area (Å²) in [7, 11) is 3.11. The molecule has 0 spiro atoms. The van der Waals surface area contributed by atoms with Gasteiger partial charge in [-0.05, 0) is 35.7 Å². The second kappa shape index (κ2) is 6.54. The van der Waals surface area contributed by atoms with E-state index in [1.807, 2.05) is 12.1 Å². The predicted octanol–water partition coefficient (Wildman–Crippen LogP) is 3.84. The molecule has 2 N–H and O–H groups in total. The highest BCUT2D eigenvalue weighted by molar-refractivity contribution is 7.20. The van der Waals surface area contributed by atoms with Gasteiger partial charge in [-0.25, -0.2) is 4.79 Å². The van der Waals surface area contributed by atoms with Crippen LogP contribution in [-0.4, -0.2) is 23.6 Å². The largest absolute Gasteiger partial charge is 0.465 e. The fourth-order valence-electron chi connectivity index (χ4n) is 2.36. The maximum atomic E-state index is 12.4. The van der Waals surface area contributed by atoms with Crippen LogP contribution in [0.2, 0.25) is 0 Å². The minimum atomic E-state index is -0.369. The van der Waals surface area contributed by atoms with Gasteiger partial charge in [-0.1, -0.05) is 0 Å². The van der Waals surface area contributed by atoms with Gasteiger partial charge in [0.05, 0.1) is 12.8 Å². The molecule has 0 fully saturated rings. The first kappa shape index (κ1) is 16.4. The number of hydrogen-bond acceptors (Lipinski definition) is 5. The quantitative estimate of drug-likeness (QED) is 0.545. The number of fused-ring (bicyclic) bond motifs is 1. The van der Waals surface area contributed by atoms with E-state index in [1.54, 1.807) is 36.0 Å². The van der Waals surface area contributed by atoms with Crippen molar-refractivity contribution in [2.24, 2.45) is 7.05 Å². The number of aryl methyl sites for hydroxylation is 1. The lowest BCUT2D eigenvalue weighted by atomic mass is 10.2. The summed E-state index contributed by atoms with van der Waals surface area (Å²) in [5.41, 5.74) is 1.75. The molecule has 0 aliphatic carbocycles. The number of thiophene rings is 1. The number of benzene rings is 1. The Morgan fingerprint density at radius 3 is 2.67 bits per heavy atom. The fourth-order valence-corrected chi connectivity index (χ4v) is 3.42. The first-order chi connectivity index (χ1) is 11.5. The zero-order valence-electron chi connectivity index (χ0n) is 12.9. The summed E-state index contributed by atoms with van der Waals surface area (Å²) in [5.74, 6) is -0.620. The Bertz CT molecular complexity index is 932. The van der Waals surface area contributed by atoms with Gasteiger partial charge >= 0.3 is 5.97 Å². The third-order valence-electron chi connectivity index (χ3n) is 3.51. The summed E-state index contributed by atoms with van der Waals surface area (Å²) < 4.78 is 7.35. The van der Waals surface area contributed by atoms with Crippen LogP contribution in [0.25, 0.3) is 10.1 Å². The van der Waals surface area contributed by atoms with Gasteiger partial charge in [-0.15, -0.1) is 11.3 Å². The number of aromatic nitrogens is 1. The molecule has 0 aliphatic heterocycles. The first-order valence-electron chi connectivity index (χ1n) is 6.98. The van der Waals surface area contributed by atoms with Gasteiger partial charge in [0.1, 0.15) is 10.6 Å². The summed E-state index contributed by atoms with van der Waals surface area (Å²) >= 11 is 6.90. The molecule has 2 heterocycles. The Balaban J connectivity index is 1.85. The molecular formula is C16H14ClN3O3S. The summed E-state index contributed by atoms with van der Waals surface area (Å²) in [5, 5.41) is 3.71. The molecule has 3 aromatic rings. The summed E-state index contributed by atoms with van der Waals surface area (Å²) in [6.45, 7) is 0. The van der Waals surface area contributed by atoms with E-state index in [2.05, 4.69) is 10.2 Å². The van der Waals surface area contributed by atoms with E-state index in [4.69, 9.17) is 16.5 Å². The van der Waals surface area contributed by atoms with Crippen molar-refractivity contribution >= 4 is 56.5 Å². The number of nitrogens with zero attached hydrogens (tertiary/aromatic N) is 1. The lowest BCUT2D eigenvalue weighted by Gasteiger charge is -2.06. The van der Waals surface area contributed by atoms with Crippen LogP contribution in [0, 0.1) is 0 Å². The Labute approximate surface area is 147 Å². The van der Waals surface area contributed by atoms with Gasteiger partial charge in [0.15, 0.2) is 0 Å². The number of carbonyl (C=O) groups excluding carboxylic acids is 2. The SMILES string of the molecule is COC(=O)c1cc2cc(NC(=O)c3cc(NCl)cn3C)ccc2s1. The minimum Gasteiger partial charge on any atom is -0.465 e. The topological polar surface area (TPSA) is 72.4 Å². The number of carbonyl (C=O) groups is 2. The third-order valence-corrected chi connectivity index (χ3v) is 4.82. The van der Waals surface area contributed by atoms with Crippen molar-refractivity contribution in [3.63, 3.8) is 0 Å². The number of anilines is 2. The molecule has 2 aromatic heterocycles. The zero-order chi connectivity index (χ0) is 17.3. The number of nitrogens with one attached hydrogen (secondary N) is 2. The molecule has 0 radical (unpaired) electrons. The van der Waals surface area contributed by atoms with Gasteiger partial charge in [0, 0.05) is 35.4 Å². The molecular weight excluding hydrogens is 350 g/mol. The average Bonchev–Trinajstić information content (AvgIpc) is 3.16. The molecule has 1 amide bonds. The highest BCUT2D eigenvalue weighted by Gasteiger charge is 2.14. The number of halogens is 1. The number of rotatable bonds is 4. The molecule has 0 aliphatic rings. The molecule has 3 rings (SSSR count). The van der Waals surface area contributed by atoms with Crippen molar-refractivity contribution in [2.75, 3.05) is 17.3 Å². The third kappa shape index (κ3) is 3.08. The van der Waals surface area contributed by atoms with Crippen LogP contribution in [0.15, 0.2) is 36.5 Å². The van der Waals surface area contributed by atoms with Crippen molar-refractivity contribution < 1.29 is 14.3 Å². The van der Waals surface area contributed by atoms with E-state index < -0.39 is 0 Å². The Hall–Kier alpha value is -2.51. The molecule has 0 saturated heterocycles. The molecule has 0 atom stereocenters. The van der Waals surface area contributed by atoms with Gasteiger partial charge in [-0.3, -0.25) is 9.63 Å². The lowest BCUT2D eigenvalue weighted by Crippen LogP contribution is -2.15. The van der Waals surface area contributed by atoms with E-state index in [1.165, 1.54) is 18.4 Å². The standard InChI is InChI=1S/C16H14ClN3O3S/c1-20-8-11(19-17)7-12(20)15(21)18-10-3-4-13-9(5-10)6-14(24-13)16(22)23-2/h3-8,19H,1-2H3,(H,18,21). The molecule has 1 aromatic carbocycles. The summed E-state index contributed by atoms with van der Waals surface area (Å²) in [6.07, 6.45) is 1.71. The second-order valence-electron chi connectivity index (χ2n) is 5.13. The number of amides is 1. The van der Waals surface area contributed by atoms with Crippen molar-refractivity contribution in [1.29, 1.82) is 0 Å². The van der Waals surface area contributed by atoms with Crippen LogP contribution in [-0.2, 0) is 11.8 Å². The number of esters is 1. The molecule has 24 heavy (non-hydrogen) atoms. The van der Waals surface area contributed by atoms with E-state index in [9.17, 15) is 9.59 Å². The molecule has 6 nitrogen and oxygen atoms in total. The summed E-state index contributed by atoms with van der Waals surface area (Å²) in [4.78, 5) is 27.0. The number of ether oxygens (including phenoxy) is 1. The van der Waals surface area contributed by atoms with Crippen molar-refractivity contribution in [3.8, 4) is 0 Å². The maximum Gasteiger partial charge on any atom is 0.348 e. The van der Waals surface area contributed by atoms with Gasteiger partial charge in [0.25, 0.3) is 5.91 Å². The molecule has 0 unspecified atom stereocenters. The van der Waals surface area contributed by atoms with Crippen LogP contribution in [0.5, 0.6) is 0 Å². The van der Waals surface area contributed by atoms with Crippen LogP contribution in [0.4, 0.5) is 11.4 Å². The van der Waals surface area contributed by atoms with Crippen LogP contribution in [0.1, 0.15) is 20.2 Å². The second-order valence-corrected chi connectivity index (χ2v) is 6.40. The van der Waals surface area contributed by atoms with Crippen LogP contribution < -0.4 is 10.2 Å². The average molecular weight is 364 g/mol. The Morgan fingerprint density at radius 1 is 1.21 bits per heavy atom. The van der Waals surface area contributed by atoms with Crippen LogP contribution >= 0.6 is 23.1 Å². The van der Waals surface area contributed by atoms with E-state index >= 15 is 0 Å². The van der Waals surface area contributed by atoms with Crippen LogP contribution in [0.3, 0.4) is 0 Å². The number of methoxy groups -OCH3 is 1. The van der Waals surface area contributed by atoms with Gasteiger partial charge in [-0.2, -0.15) is 0 Å². The normalized spacial score (nSPS) is 10.6. The molecule has 0 bridgehead atoms. The molecule has 0 saturated carbocycles. The zero-order valence-corrected chi connectivity index (χ0v) is 14.5. The molecule has 8 heteroatoms. The smallest absolute Gasteiger partial charge is 0.348 e.